The fraction of sp³-hybridized carbons (Fsp3) is 0.533. The summed E-state index contributed by atoms with van der Waals surface area (Å²) in [7, 11) is 0. The van der Waals surface area contributed by atoms with Gasteiger partial charge < -0.3 is 9.32 Å². The van der Waals surface area contributed by atoms with E-state index >= 15 is 0 Å². The van der Waals surface area contributed by atoms with Crippen LogP contribution in [0.15, 0.2) is 22.6 Å². The van der Waals surface area contributed by atoms with Crippen molar-refractivity contribution in [3.63, 3.8) is 0 Å². The first kappa shape index (κ1) is 12.9. The quantitative estimate of drug-likeness (QED) is 0.750. The lowest BCUT2D eigenvalue weighted by Crippen LogP contribution is -2.46. The molecule has 1 fully saturated rings. The molecular weight excluding hydrogens is 226 g/mol. The first-order valence-corrected chi connectivity index (χ1v) is 6.64. The molecule has 3 nitrogen and oxygen atoms in total. The molecule has 1 saturated heterocycles. The Bertz CT molecular complexity index is 437. The van der Waals surface area contributed by atoms with E-state index in [1.165, 1.54) is 6.42 Å². The zero-order valence-electron chi connectivity index (χ0n) is 11.3. The maximum atomic E-state index is 12.2. The van der Waals surface area contributed by atoms with Gasteiger partial charge >= 0.3 is 0 Å². The Morgan fingerprint density at radius 3 is 2.56 bits per heavy atom. The first-order chi connectivity index (χ1) is 8.58. The zero-order valence-corrected chi connectivity index (χ0v) is 11.3. The minimum absolute atomic E-state index is 0.0868. The molecule has 0 aliphatic carbocycles. The second-order valence-electron chi connectivity index (χ2n) is 5.16. The SMILES string of the molecule is Cc1ccc(/C=C/C(=O)N2[C@@H](C)CCC[C@@H]2C)o1. The molecule has 98 valence electrons. The second kappa shape index (κ2) is 5.42. The van der Waals surface area contributed by atoms with Crippen molar-refractivity contribution in [2.45, 2.75) is 52.1 Å². The summed E-state index contributed by atoms with van der Waals surface area (Å²) in [5.74, 6) is 1.68. The molecule has 0 radical (unpaired) electrons. The van der Waals surface area contributed by atoms with Gasteiger partial charge in [-0.2, -0.15) is 0 Å². The highest BCUT2D eigenvalue weighted by Gasteiger charge is 2.27. The monoisotopic (exact) mass is 247 g/mol. The highest BCUT2D eigenvalue weighted by molar-refractivity contribution is 5.91. The van der Waals surface area contributed by atoms with E-state index < -0.39 is 0 Å². The standard InChI is InChI=1S/C15H21NO2/c1-11-5-4-6-12(2)16(11)15(17)10-9-14-8-7-13(3)18-14/h7-12H,4-6H2,1-3H3/b10-9+/t11-,12-/m0/s1. The Labute approximate surface area is 108 Å². The van der Waals surface area contributed by atoms with Crippen LogP contribution < -0.4 is 0 Å². The minimum atomic E-state index is 0.0868. The van der Waals surface area contributed by atoms with Crippen LogP contribution in [0.5, 0.6) is 0 Å². The molecular formula is C15H21NO2. The van der Waals surface area contributed by atoms with Crippen molar-refractivity contribution in [1.29, 1.82) is 0 Å². The molecule has 0 spiro atoms. The van der Waals surface area contributed by atoms with Gasteiger partial charge in [-0.3, -0.25) is 4.79 Å². The number of carbonyl (C=O) groups is 1. The molecule has 1 aliphatic rings. The van der Waals surface area contributed by atoms with E-state index in [1.807, 2.05) is 24.0 Å². The molecule has 1 aromatic rings. The van der Waals surface area contributed by atoms with Crippen LogP contribution >= 0.6 is 0 Å². The van der Waals surface area contributed by atoms with E-state index in [2.05, 4.69) is 13.8 Å². The van der Waals surface area contributed by atoms with Crippen molar-refractivity contribution >= 4 is 12.0 Å². The van der Waals surface area contributed by atoms with Gasteiger partial charge in [-0.05, 0) is 58.2 Å². The van der Waals surface area contributed by atoms with Crippen molar-refractivity contribution in [2.24, 2.45) is 0 Å². The van der Waals surface area contributed by atoms with Crippen LogP contribution in [0.25, 0.3) is 6.08 Å². The average molecular weight is 247 g/mol. The van der Waals surface area contributed by atoms with Gasteiger partial charge in [0.15, 0.2) is 0 Å². The van der Waals surface area contributed by atoms with Crippen molar-refractivity contribution in [3.05, 3.63) is 29.7 Å². The van der Waals surface area contributed by atoms with Crippen LogP contribution in [0.4, 0.5) is 0 Å². The van der Waals surface area contributed by atoms with E-state index in [0.717, 1.165) is 24.4 Å². The number of aryl methyl sites for hydroxylation is 1. The van der Waals surface area contributed by atoms with Gasteiger partial charge in [0.05, 0.1) is 0 Å². The lowest BCUT2D eigenvalue weighted by Gasteiger charge is -2.38. The molecule has 2 atom stereocenters. The number of carbonyl (C=O) groups excluding carboxylic acids is 1. The highest BCUT2D eigenvalue weighted by Crippen LogP contribution is 2.23. The highest BCUT2D eigenvalue weighted by atomic mass is 16.3. The van der Waals surface area contributed by atoms with Gasteiger partial charge in [0.25, 0.3) is 0 Å². The van der Waals surface area contributed by atoms with Gasteiger partial charge in [0.2, 0.25) is 5.91 Å². The lowest BCUT2D eigenvalue weighted by atomic mass is 9.97. The molecule has 2 heterocycles. The second-order valence-corrected chi connectivity index (χ2v) is 5.16. The average Bonchev–Trinajstić information content (AvgIpc) is 2.72. The predicted octanol–water partition coefficient (Wildman–Crippen LogP) is 3.39. The summed E-state index contributed by atoms with van der Waals surface area (Å²) in [5, 5.41) is 0. The van der Waals surface area contributed by atoms with Crippen LogP contribution in [0.3, 0.4) is 0 Å². The normalized spacial score (nSPS) is 24.7. The number of likely N-dealkylation sites (tertiary alicyclic amines) is 1. The smallest absolute Gasteiger partial charge is 0.247 e. The third kappa shape index (κ3) is 2.84. The van der Waals surface area contributed by atoms with Crippen LogP contribution in [0.2, 0.25) is 0 Å². The molecule has 1 aromatic heterocycles. The molecule has 2 rings (SSSR count). The summed E-state index contributed by atoms with van der Waals surface area (Å²) < 4.78 is 5.42. The molecule has 0 N–H and O–H groups in total. The Morgan fingerprint density at radius 1 is 1.33 bits per heavy atom. The van der Waals surface area contributed by atoms with Gasteiger partial charge in [0, 0.05) is 18.2 Å². The van der Waals surface area contributed by atoms with E-state index in [0.29, 0.717) is 12.1 Å². The van der Waals surface area contributed by atoms with E-state index in [-0.39, 0.29) is 5.91 Å². The van der Waals surface area contributed by atoms with Crippen LogP contribution in [-0.4, -0.2) is 22.9 Å². The third-order valence-electron chi connectivity index (χ3n) is 3.60. The molecule has 18 heavy (non-hydrogen) atoms. The van der Waals surface area contributed by atoms with Gasteiger partial charge in [-0.15, -0.1) is 0 Å². The number of hydrogen-bond donors (Lipinski definition) is 0. The summed E-state index contributed by atoms with van der Waals surface area (Å²) in [6, 6.07) is 4.45. The van der Waals surface area contributed by atoms with Crippen molar-refractivity contribution in [2.75, 3.05) is 0 Å². The maximum Gasteiger partial charge on any atom is 0.247 e. The summed E-state index contributed by atoms with van der Waals surface area (Å²) in [6.45, 7) is 6.14. The van der Waals surface area contributed by atoms with Crippen molar-refractivity contribution in [3.8, 4) is 0 Å². The maximum absolute atomic E-state index is 12.2. The van der Waals surface area contributed by atoms with Crippen molar-refractivity contribution < 1.29 is 9.21 Å². The predicted molar refractivity (Wildman–Crippen MR) is 72.1 cm³/mol. The number of nitrogens with zero attached hydrogens (tertiary/aromatic N) is 1. The fourth-order valence-corrected chi connectivity index (χ4v) is 2.64. The number of hydrogen-bond acceptors (Lipinski definition) is 2. The number of rotatable bonds is 2. The van der Waals surface area contributed by atoms with E-state index in [1.54, 1.807) is 12.2 Å². The summed E-state index contributed by atoms with van der Waals surface area (Å²) >= 11 is 0. The summed E-state index contributed by atoms with van der Waals surface area (Å²) in [4.78, 5) is 14.2. The van der Waals surface area contributed by atoms with Crippen LogP contribution in [0, 0.1) is 6.92 Å². The van der Waals surface area contributed by atoms with E-state index in [9.17, 15) is 4.79 Å². The molecule has 0 saturated carbocycles. The number of amides is 1. The fourth-order valence-electron chi connectivity index (χ4n) is 2.64. The summed E-state index contributed by atoms with van der Waals surface area (Å²) in [5.41, 5.74) is 0. The molecule has 0 aromatic carbocycles. The van der Waals surface area contributed by atoms with Crippen LogP contribution in [0.1, 0.15) is 44.6 Å². The number of piperidine rings is 1. The largest absolute Gasteiger partial charge is 0.462 e. The molecule has 1 amide bonds. The minimum Gasteiger partial charge on any atom is -0.462 e. The molecule has 1 aliphatic heterocycles. The number of furan rings is 1. The van der Waals surface area contributed by atoms with Crippen LogP contribution in [-0.2, 0) is 4.79 Å². The Morgan fingerprint density at radius 2 is 2.00 bits per heavy atom. The Balaban J connectivity index is 2.04. The first-order valence-electron chi connectivity index (χ1n) is 6.64. The topological polar surface area (TPSA) is 33.5 Å². The molecule has 0 bridgehead atoms. The third-order valence-corrected chi connectivity index (χ3v) is 3.60. The molecule has 0 unspecified atom stereocenters. The van der Waals surface area contributed by atoms with Gasteiger partial charge in [0.1, 0.15) is 11.5 Å². The van der Waals surface area contributed by atoms with Crippen molar-refractivity contribution in [1.82, 2.24) is 4.90 Å². The molecule has 3 heteroatoms. The van der Waals surface area contributed by atoms with Gasteiger partial charge in [-0.1, -0.05) is 0 Å². The Kier molecular flexibility index (Phi) is 3.90. The zero-order chi connectivity index (χ0) is 13.1. The summed E-state index contributed by atoms with van der Waals surface area (Å²) in [6.07, 6.45) is 6.79. The lowest BCUT2D eigenvalue weighted by molar-refractivity contribution is -0.131. The Hall–Kier alpha value is -1.51. The van der Waals surface area contributed by atoms with Gasteiger partial charge in [-0.25, -0.2) is 0 Å². The van der Waals surface area contributed by atoms with E-state index in [4.69, 9.17) is 4.42 Å².